The molecule has 14 heteroatoms. The first-order chi connectivity index (χ1) is 19.2. The Kier molecular flexibility index (Phi) is 10.1. The number of aromatic nitrogens is 1. The van der Waals surface area contributed by atoms with E-state index in [-0.39, 0.29) is 5.69 Å². The van der Waals surface area contributed by atoms with Gasteiger partial charge in [-0.05, 0) is 17.7 Å². The van der Waals surface area contributed by atoms with Gasteiger partial charge in [0, 0.05) is 6.20 Å². The Morgan fingerprint density at radius 3 is 2.05 bits per heavy atom. The summed E-state index contributed by atoms with van der Waals surface area (Å²) in [5.41, 5.74) is 0.475. The number of aliphatic hydroxyl groups is 6. The van der Waals surface area contributed by atoms with Crippen LogP contribution in [0.1, 0.15) is 22.2 Å². The molecule has 0 saturated carbocycles. The molecule has 0 amide bonds. The van der Waals surface area contributed by atoms with Gasteiger partial charge in [0.1, 0.15) is 61.1 Å². The zero-order valence-electron chi connectivity index (χ0n) is 21.0. The summed E-state index contributed by atoms with van der Waals surface area (Å²) in [5.74, 6) is -0.807. The molecule has 0 spiro atoms. The highest BCUT2D eigenvalue weighted by molar-refractivity contribution is 5.87. The van der Waals surface area contributed by atoms with Crippen LogP contribution in [0.2, 0.25) is 0 Å². The number of nitriles is 1. The van der Waals surface area contributed by atoms with Crippen molar-refractivity contribution >= 4 is 5.97 Å². The minimum Gasteiger partial charge on any atom is -0.458 e. The molecule has 1 unspecified atom stereocenters. The average molecular weight is 563 g/mol. The standard InChI is InChI=1S/C26H30N2O12/c27-10-15(13-6-2-1-3-7-13)38-26-23(34)21(32)19(30)17(40-26)12-37-25-22(33)20(31)18(29)16(39-25)11-36-24(35)14-8-4-5-9-28-14/h1-9,15-23,25-26,29-34H,11-12H2/t15?,16-,17-,18-,19-,20+,21+,22-,23-,25-,26-/m1/s1. The maximum atomic E-state index is 12.2. The van der Waals surface area contributed by atoms with Crippen molar-refractivity contribution in [3.8, 4) is 6.07 Å². The Balaban J connectivity index is 1.37. The Hall–Kier alpha value is -3.07. The summed E-state index contributed by atoms with van der Waals surface area (Å²) in [4.78, 5) is 16.0. The molecule has 2 aliphatic heterocycles. The first kappa shape index (κ1) is 29.9. The maximum absolute atomic E-state index is 12.2. The molecule has 2 fully saturated rings. The third kappa shape index (κ3) is 6.79. The van der Waals surface area contributed by atoms with Crippen molar-refractivity contribution in [2.45, 2.75) is 67.5 Å². The highest BCUT2D eigenvalue weighted by atomic mass is 16.7. The average Bonchev–Trinajstić information content (AvgIpc) is 2.99. The molecule has 1 aromatic heterocycles. The topological polar surface area (TPSA) is 221 Å². The lowest BCUT2D eigenvalue weighted by Crippen LogP contribution is -2.62. The van der Waals surface area contributed by atoms with Crippen molar-refractivity contribution in [2.24, 2.45) is 0 Å². The van der Waals surface area contributed by atoms with Crippen molar-refractivity contribution in [1.29, 1.82) is 5.26 Å². The number of rotatable bonds is 9. The zero-order chi connectivity index (χ0) is 28.8. The monoisotopic (exact) mass is 562 g/mol. The van der Waals surface area contributed by atoms with Gasteiger partial charge in [-0.1, -0.05) is 36.4 Å². The lowest BCUT2D eigenvalue weighted by Gasteiger charge is -2.43. The molecule has 4 rings (SSSR count). The molecule has 216 valence electrons. The Morgan fingerprint density at radius 1 is 0.825 bits per heavy atom. The van der Waals surface area contributed by atoms with E-state index in [9.17, 15) is 40.7 Å². The summed E-state index contributed by atoms with van der Waals surface area (Å²) in [6.45, 7) is -1.06. The number of nitrogens with zero attached hydrogens (tertiary/aromatic N) is 2. The molecule has 6 N–H and O–H groups in total. The molecule has 2 saturated heterocycles. The normalized spacial score (nSPS) is 34.9. The minimum absolute atomic E-state index is 0.00744. The van der Waals surface area contributed by atoms with Crippen LogP contribution >= 0.6 is 0 Å². The van der Waals surface area contributed by atoms with E-state index < -0.39 is 86.7 Å². The van der Waals surface area contributed by atoms with Gasteiger partial charge in [-0.15, -0.1) is 0 Å². The van der Waals surface area contributed by atoms with E-state index >= 15 is 0 Å². The lowest BCUT2D eigenvalue weighted by molar-refractivity contribution is -0.334. The maximum Gasteiger partial charge on any atom is 0.357 e. The van der Waals surface area contributed by atoms with Crippen LogP contribution in [0.25, 0.3) is 0 Å². The van der Waals surface area contributed by atoms with E-state index in [4.69, 9.17) is 23.7 Å². The molecule has 40 heavy (non-hydrogen) atoms. The summed E-state index contributed by atoms with van der Waals surface area (Å²) in [5, 5.41) is 71.7. The molecule has 0 bridgehead atoms. The predicted molar refractivity (Wildman–Crippen MR) is 130 cm³/mol. The van der Waals surface area contributed by atoms with Crippen molar-refractivity contribution in [3.05, 3.63) is 66.0 Å². The van der Waals surface area contributed by atoms with Crippen LogP contribution < -0.4 is 0 Å². The van der Waals surface area contributed by atoms with Crippen LogP contribution in [0.3, 0.4) is 0 Å². The molecule has 2 aromatic rings. The van der Waals surface area contributed by atoms with Crippen molar-refractivity contribution in [2.75, 3.05) is 13.2 Å². The highest BCUT2D eigenvalue weighted by Gasteiger charge is 2.48. The Labute approximate surface area is 228 Å². The predicted octanol–water partition coefficient (Wildman–Crippen LogP) is -1.85. The number of ether oxygens (including phenoxy) is 5. The van der Waals surface area contributed by atoms with Crippen LogP contribution in [0.4, 0.5) is 0 Å². The van der Waals surface area contributed by atoms with Crippen LogP contribution in [-0.2, 0) is 23.7 Å². The number of carbonyl (C=O) groups excluding carboxylic acids is 1. The van der Waals surface area contributed by atoms with E-state index in [0.29, 0.717) is 5.56 Å². The van der Waals surface area contributed by atoms with Gasteiger partial charge in [0.05, 0.1) is 12.7 Å². The van der Waals surface area contributed by atoms with Gasteiger partial charge in [-0.25, -0.2) is 9.78 Å². The minimum atomic E-state index is -1.75. The van der Waals surface area contributed by atoms with E-state index in [1.807, 2.05) is 6.07 Å². The summed E-state index contributed by atoms with van der Waals surface area (Å²) < 4.78 is 27.3. The number of esters is 1. The van der Waals surface area contributed by atoms with Gasteiger partial charge in [0.2, 0.25) is 0 Å². The first-order valence-electron chi connectivity index (χ1n) is 12.4. The zero-order valence-corrected chi connectivity index (χ0v) is 21.0. The second kappa shape index (κ2) is 13.5. The van der Waals surface area contributed by atoms with Crippen molar-refractivity contribution in [3.63, 3.8) is 0 Å². The second-order valence-electron chi connectivity index (χ2n) is 9.23. The number of pyridine rings is 1. The molecule has 11 atom stereocenters. The van der Waals surface area contributed by atoms with Gasteiger partial charge in [0.15, 0.2) is 18.7 Å². The van der Waals surface area contributed by atoms with Crippen molar-refractivity contribution < 1.29 is 59.1 Å². The Morgan fingerprint density at radius 2 is 1.43 bits per heavy atom. The van der Waals surface area contributed by atoms with E-state index in [0.717, 1.165) is 0 Å². The Bertz CT molecular complexity index is 1140. The molecular formula is C26H30N2O12. The summed E-state index contributed by atoms with van der Waals surface area (Å²) >= 11 is 0. The van der Waals surface area contributed by atoms with Gasteiger partial charge >= 0.3 is 5.97 Å². The molecule has 3 heterocycles. The number of carbonyl (C=O) groups is 1. The van der Waals surface area contributed by atoms with Crippen LogP contribution in [0.15, 0.2) is 54.7 Å². The highest BCUT2D eigenvalue weighted by Crippen LogP contribution is 2.29. The fourth-order valence-corrected chi connectivity index (χ4v) is 4.21. The third-order valence-electron chi connectivity index (χ3n) is 6.50. The van der Waals surface area contributed by atoms with Gasteiger partial charge in [-0.3, -0.25) is 0 Å². The van der Waals surface area contributed by atoms with Gasteiger partial charge < -0.3 is 54.3 Å². The quantitative estimate of drug-likeness (QED) is 0.185. The SMILES string of the molecule is N#CC(O[C@@H]1O[C@H](CO[C@@H]2O[C@H](COC(=O)c3ccccn3)[C@@H](O)[C@H](O)[C@H]2O)[C@@H](O)[C@H](O)[C@H]1O)c1ccccc1. The first-order valence-corrected chi connectivity index (χ1v) is 12.4. The lowest BCUT2D eigenvalue weighted by atomic mass is 9.98. The van der Waals surface area contributed by atoms with Gasteiger partial charge in [-0.2, -0.15) is 5.26 Å². The number of aliphatic hydroxyl groups excluding tert-OH is 6. The molecule has 1 aromatic carbocycles. The summed E-state index contributed by atoms with van der Waals surface area (Å²) in [6.07, 6.45) is -15.8. The van der Waals surface area contributed by atoms with E-state index in [2.05, 4.69) is 4.98 Å². The fraction of sp³-hybridized carbons (Fsp3) is 0.500. The number of hydrogen-bond donors (Lipinski definition) is 6. The fourth-order valence-electron chi connectivity index (χ4n) is 4.21. The second-order valence-corrected chi connectivity index (χ2v) is 9.23. The van der Waals surface area contributed by atoms with E-state index in [1.165, 1.54) is 12.3 Å². The molecule has 0 radical (unpaired) electrons. The summed E-state index contributed by atoms with van der Waals surface area (Å²) in [7, 11) is 0. The smallest absolute Gasteiger partial charge is 0.357 e. The molecule has 0 aliphatic carbocycles. The van der Waals surface area contributed by atoms with Crippen LogP contribution in [-0.4, -0.2) is 116 Å². The van der Waals surface area contributed by atoms with Crippen LogP contribution in [0.5, 0.6) is 0 Å². The third-order valence-corrected chi connectivity index (χ3v) is 6.50. The van der Waals surface area contributed by atoms with Gasteiger partial charge in [0.25, 0.3) is 0 Å². The molecular weight excluding hydrogens is 532 g/mol. The summed E-state index contributed by atoms with van der Waals surface area (Å²) in [6, 6.07) is 14.9. The molecule has 2 aliphatic rings. The van der Waals surface area contributed by atoms with Crippen LogP contribution in [0, 0.1) is 11.3 Å². The van der Waals surface area contributed by atoms with Crippen molar-refractivity contribution in [1.82, 2.24) is 4.98 Å². The largest absolute Gasteiger partial charge is 0.458 e. The molecule has 14 nitrogen and oxygen atoms in total. The number of hydrogen-bond acceptors (Lipinski definition) is 14. The number of benzene rings is 1. The van der Waals surface area contributed by atoms with E-state index in [1.54, 1.807) is 42.5 Å².